The van der Waals surface area contributed by atoms with Crippen LogP contribution < -0.4 is 4.74 Å². The summed E-state index contributed by atoms with van der Waals surface area (Å²) in [6.45, 7) is 2.53. The number of aryl methyl sites for hydroxylation is 1. The third kappa shape index (κ3) is 6.42. The number of fused-ring (bicyclic) bond motifs is 1. The van der Waals surface area contributed by atoms with Crippen LogP contribution in [-0.4, -0.2) is 11.6 Å². The van der Waals surface area contributed by atoms with Crippen LogP contribution in [0.25, 0.3) is 10.8 Å². The SMILES string of the molecule is CCCCCOc1cc(F)c(CCc2ccc(C#Cc3cccc4cc(F)ccc34)nc2)c(F)c1. The minimum atomic E-state index is -0.596. The van der Waals surface area contributed by atoms with E-state index in [1.54, 1.807) is 18.3 Å². The number of nitrogens with zero attached hydrogens (tertiary/aromatic N) is 1. The molecule has 0 fully saturated rings. The molecule has 0 aliphatic rings. The van der Waals surface area contributed by atoms with E-state index in [0.717, 1.165) is 41.2 Å². The van der Waals surface area contributed by atoms with Crippen LogP contribution in [0.3, 0.4) is 0 Å². The standard InChI is InChI=1S/C30H26F3NO/c1-2-3-4-16-35-26-18-29(32)28(30(33)19-26)14-9-21-8-12-25(34-20-21)13-10-22-6-5-7-23-17-24(31)11-15-27(22)23/h5-8,11-12,15,17-20H,2-4,9,14,16H2,1H3. The van der Waals surface area contributed by atoms with Crippen molar-refractivity contribution in [3.63, 3.8) is 0 Å². The number of ether oxygens (including phenoxy) is 1. The molecule has 0 bridgehead atoms. The maximum absolute atomic E-state index is 14.5. The van der Waals surface area contributed by atoms with E-state index in [9.17, 15) is 13.2 Å². The van der Waals surface area contributed by atoms with Crippen LogP contribution in [0.15, 0.2) is 66.9 Å². The molecule has 0 radical (unpaired) electrons. The molecule has 4 aromatic rings. The van der Waals surface area contributed by atoms with Gasteiger partial charge in [-0.1, -0.05) is 50.0 Å². The van der Waals surface area contributed by atoms with Gasteiger partial charge in [-0.25, -0.2) is 18.2 Å². The van der Waals surface area contributed by atoms with Crippen molar-refractivity contribution in [2.45, 2.75) is 39.0 Å². The molecule has 0 atom stereocenters. The van der Waals surface area contributed by atoms with Crippen LogP contribution in [0.1, 0.15) is 48.6 Å². The molecule has 4 rings (SSSR count). The van der Waals surface area contributed by atoms with Gasteiger partial charge in [-0.3, -0.25) is 0 Å². The summed E-state index contributed by atoms with van der Waals surface area (Å²) in [5.41, 5.74) is 2.27. The lowest BCUT2D eigenvalue weighted by molar-refractivity contribution is 0.302. The van der Waals surface area contributed by atoms with Crippen LogP contribution in [0.5, 0.6) is 5.75 Å². The highest BCUT2D eigenvalue weighted by molar-refractivity contribution is 5.88. The Morgan fingerprint density at radius 3 is 2.43 bits per heavy atom. The van der Waals surface area contributed by atoms with Crippen molar-refractivity contribution < 1.29 is 17.9 Å². The number of aromatic nitrogens is 1. The molecule has 5 heteroatoms. The minimum absolute atomic E-state index is 0.0437. The van der Waals surface area contributed by atoms with Crippen molar-refractivity contribution >= 4 is 10.8 Å². The van der Waals surface area contributed by atoms with Crippen molar-refractivity contribution in [3.8, 4) is 17.6 Å². The second kappa shape index (κ2) is 11.6. The molecule has 178 valence electrons. The number of unbranched alkanes of at least 4 members (excludes halogenated alkanes) is 2. The molecule has 0 N–H and O–H groups in total. The average Bonchev–Trinajstić information content (AvgIpc) is 2.85. The molecule has 0 aliphatic carbocycles. The van der Waals surface area contributed by atoms with Gasteiger partial charge in [-0.15, -0.1) is 0 Å². The summed E-state index contributed by atoms with van der Waals surface area (Å²) in [4.78, 5) is 4.37. The Morgan fingerprint density at radius 2 is 1.69 bits per heavy atom. The van der Waals surface area contributed by atoms with E-state index < -0.39 is 11.6 Å². The Morgan fingerprint density at radius 1 is 0.857 bits per heavy atom. The summed E-state index contributed by atoms with van der Waals surface area (Å²) >= 11 is 0. The average molecular weight is 474 g/mol. The third-order valence-corrected chi connectivity index (χ3v) is 5.79. The summed E-state index contributed by atoms with van der Waals surface area (Å²) < 4.78 is 47.9. The van der Waals surface area contributed by atoms with E-state index in [4.69, 9.17) is 4.74 Å². The lowest BCUT2D eigenvalue weighted by Crippen LogP contribution is -2.03. The Balaban J connectivity index is 1.39. The molecular formula is C30H26F3NO. The fraction of sp³-hybridized carbons (Fsp3) is 0.233. The largest absolute Gasteiger partial charge is 0.493 e. The van der Waals surface area contributed by atoms with Gasteiger partial charge >= 0.3 is 0 Å². The number of rotatable bonds is 8. The van der Waals surface area contributed by atoms with Crippen molar-refractivity contribution in [2.24, 2.45) is 0 Å². The highest BCUT2D eigenvalue weighted by Crippen LogP contribution is 2.23. The first kappa shape index (κ1) is 24.3. The van der Waals surface area contributed by atoms with Gasteiger partial charge in [0.05, 0.1) is 6.61 Å². The zero-order chi connectivity index (χ0) is 24.6. The molecule has 3 aromatic carbocycles. The van der Waals surface area contributed by atoms with E-state index in [-0.39, 0.29) is 23.6 Å². The molecule has 2 nitrogen and oxygen atoms in total. The Kier molecular flexibility index (Phi) is 8.05. The summed E-state index contributed by atoms with van der Waals surface area (Å²) in [5.74, 6) is 4.87. The first-order chi connectivity index (χ1) is 17.0. The van der Waals surface area contributed by atoms with Gasteiger partial charge in [0.2, 0.25) is 0 Å². The van der Waals surface area contributed by atoms with Gasteiger partial charge in [0.25, 0.3) is 0 Å². The predicted octanol–water partition coefficient (Wildman–Crippen LogP) is 7.41. The van der Waals surface area contributed by atoms with Crippen molar-refractivity contribution in [2.75, 3.05) is 6.61 Å². The van der Waals surface area contributed by atoms with E-state index >= 15 is 0 Å². The minimum Gasteiger partial charge on any atom is -0.493 e. The molecule has 0 spiro atoms. The topological polar surface area (TPSA) is 22.1 Å². The summed E-state index contributed by atoms with van der Waals surface area (Å²) in [6.07, 6.45) is 5.26. The number of hydrogen-bond donors (Lipinski definition) is 0. The lowest BCUT2D eigenvalue weighted by atomic mass is 10.0. The molecule has 0 aliphatic heterocycles. The van der Waals surface area contributed by atoms with E-state index in [1.165, 1.54) is 24.3 Å². The maximum atomic E-state index is 14.5. The summed E-state index contributed by atoms with van der Waals surface area (Å²) in [6, 6.07) is 16.3. The van der Waals surface area contributed by atoms with Gasteiger partial charge in [0, 0.05) is 29.5 Å². The zero-order valence-corrected chi connectivity index (χ0v) is 19.6. The number of halogens is 3. The molecule has 0 saturated carbocycles. The highest BCUT2D eigenvalue weighted by atomic mass is 19.1. The van der Waals surface area contributed by atoms with E-state index in [1.807, 2.05) is 24.3 Å². The molecule has 0 unspecified atom stereocenters. The molecule has 1 heterocycles. The van der Waals surface area contributed by atoms with Crippen molar-refractivity contribution in [3.05, 3.63) is 107 Å². The van der Waals surface area contributed by atoms with Gasteiger partial charge in [-0.2, -0.15) is 0 Å². The highest BCUT2D eigenvalue weighted by Gasteiger charge is 2.12. The second-order valence-corrected chi connectivity index (χ2v) is 8.39. The lowest BCUT2D eigenvalue weighted by Gasteiger charge is -2.10. The number of hydrogen-bond acceptors (Lipinski definition) is 2. The smallest absolute Gasteiger partial charge is 0.133 e. The van der Waals surface area contributed by atoms with Gasteiger partial charge in [0.15, 0.2) is 0 Å². The normalized spacial score (nSPS) is 10.7. The third-order valence-electron chi connectivity index (χ3n) is 5.79. The molecule has 1 aromatic heterocycles. The Labute approximate surface area is 203 Å². The summed E-state index contributed by atoms with van der Waals surface area (Å²) in [5, 5.41) is 1.66. The fourth-order valence-electron chi connectivity index (χ4n) is 3.85. The van der Waals surface area contributed by atoms with E-state index in [2.05, 4.69) is 23.7 Å². The number of pyridine rings is 1. The summed E-state index contributed by atoms with van der Waals surface area (Å²) in [7, 11) is 0. The molecule has 0 saturated heterocycles. The van der Waals surface area contributed by atoms with Crippen LogP contribution in [0.2, 0.25) is 0 Å². The van der Waals surface area contributed by atoms with Gasteiger partial charge in [0.1, 0.15) is 28.9 Å². The van der Waals surface area contributed by atoms with Crippen LogP contribution in [0.4, 0.5) is 13.2 Å². The van der Waals surface area contributed by atoms with Crippen molar-refractivity contribution in [1.29, 1.82) is 0 Å². The maximum Gasteiger partial charge on any atom is 0.133 e. The monoisotopic (exact) mass is 473 g/mol. The quantitative estimate of drug-likeness (QED) is 0.196. The molecular weight excluding hydrogens is 447 g/mol. The van der Waals surface area contributed by atoms with Crippen LogP contribution >= 0.6 is 0 Å². The van der Waals surface area contributed by atoms with Crippen LogP contribution in [0, 0.1) is 29.3 Å². The second-order valence-electron chi connectivity index (χ2n) is 8.39. The zero-order valence-electron chi connectivity index (χ0n) is 19.6. The van der Waals surface area contributed by atoms with Crippen LogP contribution in [-0.2, 0) is 12.8 Å². The Bertz CT molecular complexity index is 1350. The number of benzene rings is 3. The first-order valence-corrected chi connectivity index (χ1v) is 11.8. The molecule has 0 amide bonds. The first-order valence-electron chi connectivity index (χ1n) is 11.8. The van der Waals surface area contributed by atoms with E-state index in [0.29, 0.717) is 18.7 Å². The Hall–Kier alpha value is -3.78. The fourth-order valence-corrected chi connectivity index (χ4v) is 3.85. The van der Waals surface area contributed by atoms with Gasteiger partial charge in [-0.05, 0) is 65.8 Å². The predicted molar refractivity (Wildman–Crippen MR) is 133 cm³/mol. The van der Waals surface area contributed by atoms with Gasteiger partial charge < -0.3 is 4.74 Å². The molecule has 35 heavy (non-hydrogen) atoms. The van der Waals surface area contributed by atoms with Crippen molar-refractivity contribution in [1.82, 2.24) is 4.98 Å².